The number of nitrogens with one attached hydrogen (secondary N) is 1. The molecule has 1 saturated heterocycles. The lowest BCUT2D eigenvalue weighted by atomic mass is 10.1. The zero-order valence-corrected chi connectivity index (χ0v) is 13.8. The van der Waals surface area contributed by atoms with Crippen LogP contribution in [0.3, 0.4) is 0 Å². The van der Waals surface area contributed by atoms with Gasteiger partial charge in [0.25, 0.3) is 0 Å². The zero-order valence-electron chi connectivity index (χ0n) is 12.2. The van der Waals surface area contributed by atoms with Gasteiger partial charge in [0.2, 0.25) is 0 Å². The minimum atomic E-state index is 0.928. The van der Waals surface area contributed by atoms with E-state index in [1.807, 2.05) is 7.05 Å². The summed E-state index contributed by atoms with van der Waals surface area (Å²) in [6.45, 7) is 7.00. The second-order valence-electron chi connectivity index (χ2n) is 6.03. The normalized spacial score (nSPS) is 20.4. The molecule has 1 heterocycles. The summed E-state index contributed by atoms with van der Waals surface area (Å²) in [7, 11) is 2.01. The van der Waals surface area contributed by atoms with Crippen LogP contribution < -0.4 is 10.2 Å². The molecule has 3 nitrogen and oxygen atoms in total. The lowest BCUT2D eigenvalue weighted by Crippen LogP contribution is -2.47. The molecule has 1 N–H and O–H groups in total. The van der Waals surface area contributed by atoms with Gasteiger partial charge in [-0.3, -0.25) is 4.90 Å². The highest BCUT2D eigenvalue weighted by molar-refractivity contribution is 9.10. The van der Waals surface area contributed by atoms with Crippen LogP contribution in [-0.4, -0.2) is 44.7 Å². The van der Waals surface area contributed by atoms with Crippen molar-refractivity contribution in [1.29, 1.82) is 0 Å². The summed E-state index contributed by atoms with van der Waals surface area (Å²) in [6.07, 6.45) is 2.92. The predicted molar refractivity (Wildman–Crippen MR) is 88.3 cm³/mol. The Morgan fingerprint density at radius 1 is 1.20 bits per heavy atom. The molecule has 0 spiro atoms. The van der Waals surface area contributed by atoms with Gasteiger partial charge in [0.05, 0.1) is 0 Å². The second kappa shape index (κ2) is 6.46. The number of rotatable bonds is 5. The lowest BCUT2D eigenvalue weighted by Gasteiger charge is -2.37. The fourth-order valence-corrected chi connectivity index (χ4v) is 3.44. The molecule has 2 fully saturated rings. The molecule has 0 atom stereocenters. The van der Waals surface area contributed by atoms with E-state index < -0.39 is 0 Å². The molecule has 0 bridgehead atoms. The van der Waals surface area contributed by atoms with Gasteiger partial charge in [-0.15, -0.1) is 0 Å². The molecule has 20 heavy (non-hydrogen) atoms. The average molecular weight is 338 g/mol. The number of benzene rings is 1. The summed E-state index contributed by atoms with van der Waals surface area (Å²) in [4.78, 5) is 5.19. The van der Waals surface area contributed by atoms with Crippen LogP contribution in [0.15, 0.2) is 22.7 Å². The number of nitrogens with zero attached hydrogens (tertiary/aromatic N) is 2. The summed E-state index contributed by atoms with van der Waals surface area (Å²) in [5.74, 6) is 1.01. The molecule has 110 valence electrons. The molecule has 4 heteroatoms. The summed E-state index contributed by atoms with van der Waals surface area (Å²) in [5.41, 5.74) is 2.78. The van der Waals surface area contributed by atoms with E-state index in [0.29, 0.717) is 0 Å². The largest absolute Gasteiger partial charge is 0.369 e. The standard InChI is InChI=1S/C16H24BrN3/c1-18-11-14-10-15(17)4-5-16(14)20-8-6-19(7-9-20)12-13-2-3-13/h4-5,10,13,18H,2-3,6-9,11-12H2,1H3. The number of hydrogen-bond acceptors (Lipinski definition) is 3. The van der Waals surface area contributed by atoms with Crippen molar-refractivity contribution in [3.05, 3.63) is 28.2 Å². The van der Waals surface area contributed by atoms with Crippen LogP contribution in [0, 0.1) is 5.92 Å². The van der Waals surface area contributed by atoms with Gasteiger partial charge in [-0.2, -0.15) is 0 Å². The number of piperazine rings is 1. The van der Waals surface area contributed by atoms with Gasteiger partial charge in [0.1, 0.15) is 0 Å². The van der Waals surface area contributed by atoms with Crippen molar-refractivity contribution in [2.24, 2.45) is 5.92 Å². The SMILES string of the molecule is CNCc1cc(Br)ccc1N1CCN(CC2CC2)CC1. The van der Waals surface area contributed by atoms with Crippen molar-refractivity contribution in [3.63, 3.8) is 0 Å². The Morgan fingerprint density at radius 3 is 2.60 bits per heavy atom. The first kappa shape index (κ1) is 14.4. The van der Waals surface area contributed by atoms with E-state index in [4.69, 9.17) is 0 Å². The molecule has 0 unspecified atom stereocenters. The molecule has 0 amide bonds. The van der Waals surface area contributed by atoms with Crippen molar-refractivity contribution < 1.29 is 0 Å². The molecule has 1 aromatic rings. The van der Waals surface area contributed by atoms with Crippen LogP contribution in [0.2, 0.25) is 0 Å². The number of anilines is 1. The predicted octanol–water partition coefficient (Wildman–Crippen LogP) is 2.70. The highest BCUT2D eigenvalue weighted by Gasteiger charge is 2.26. The molecular weight excluding hydrogens is 314 g/mol. The Labute approximate surface area is 130 Å². The van der Waals surface area contributed by atoms with E-state index in [1.54, 1.807) is 0 Å². The van der Waals surface area contributed by atoms with Gasteiger partial charge in [-0.05, 0) is 49.6 Å². The van der Waals surface area contributed by atoms with E-state index in [2.05, 4.69) is 49.2 Å². The Bertz CT molecular complexity index is 451. The minimum absolute atomic E-state index is 0.928. The Balaban J connectivity index is 1.64. The van der Waals surface area contributed by atoms with Crippen molar-refractivity contribution in [2.75, 3.05) is 44.7 Å². The topological polar surface area (TPSA) is 18.5 Å². The van der Waals surface area contributed by atoms with Gasteiger partial charge < -0.3 is 10.2 Å². The first-order valence-electron chi connectivity index (χ1n) is 7.66. The van der Waals surface area contributed by atoms with Crippen molar-refractivity contribution >= 4 is 21.6 Å². The lowest BCUT2D eigenvalue weighted by molar-refractivity contribution is 0.248. The third kappa shape index (κ3) is 3.54. The quantitative estimate of drug-likeness (QED) is 0.891. The van der Waals surface area contributed by atoms with Crippen molar-refractivity contribution in [2.45, 2.75) is 19.4 Å². The van der Waals surface area contributed by atoms with Crippen LogP contribution in [0.25, 0.3) is 0 Å². The monoisotopic (exact) mass is 337 g/mol. The molecular formula is C16H24BrN3. The number of halogens is 1. The van der Waals surface area contributed by atoms with E-state index in [-0.39, 0.29) is 0 Å². The molecule has 1 saturated carbocycles. The second-order valence-corrected chi connectivity index (χ2v) is 6.95. The maximum absolute atomic E-state index is 3.58. The van der Waals surface area contributed by atoms with Gasteiger partial charge in [-0.1, -0.05) is 15.9 Å². The summed E-state index contributed by atoms with van der Waals surface area (Å²) < 4.78 is 1.17. The molecule has 3 rings (SSSR count). The molecule has 1 aromatic carbocycles. The Morgan fingerprint density at radius 2 is 1.95 bits per heavy atom. The Hall–Kier alpha value is -0.580. The fraction of sp³-hybridized carbons (Fsp3) is 0.625. The molecule has 0 radical (unpaired) electrons. The van der Waals surface area contributed by atoms with Crippen LogP contribution in [0.1, 0.15) is 18.4 Å². The maximum Gasteiger partial charge on any atom is 0.0413 e. The van der Waals surface area contributed by atoms with E-state index >= 15 is 0 Å². The molecule has 0 aromatic heterocycles. The van der Waals surface area contributed by atoms with Gasteiger partial charge in [0.15, 0.2) is 0 Å². The van der Waals surface area contributed by atoms with Crippen LogP contribution in [0.4, 0.5) is 5.69 Å². The maximum atomic E-state index is 3.58. The van der Waals surface area contributed by atoms with Crippen molar-refractivity contribution in [1.82, 2.24) is 10.2 Å². The van der Waals surface area contributed by atoms with Crippen LogP contribution in [0.5, 0.6) is 0 Å². The summed E-state index contributed by atoms with van der Waals surface area (Å²) in [6, 6.07) is 6.65. The van der Waals surface area contributed by atoms with E-state index in [9.17, 15) is 0 Å². The smallest absolute Gasteiger partial charge is 0.0413 e. The highest BCUT2D eigenvalue weighted by Crippen LogP contribution is 2.31. The van der Waals surface area contributed by atoms with E-state index in [0.717, 1.165) is 25.6 Å². The highest BCUT2D eigenvalue weighted by atomic mass is 79.9. The van der Waals surface area contributed by atoms with Gasteiger partial charge in [-0.25, -0.2) is 0 Å². The van der Waals surface area contributed by atoms with E-state index in [1.165, 1.54) is 48.2 Å². The van der Waals surface area contributed by atoms with Gasteiger partial charge >= 0.3 is 0 Å². The third-order valence-electron chi connectivity index (χ3n) is 4.34. The third-order valence-corrected chi connectivity index (χ3v) is 4.83. The molecule has 1 aliphatic carbocycles. The van der Waals surface area contributed by atoms with Crippen LogP contribution in [-0.2, 0) is 6.54 Å². The summed E-state index contributed by atoms with van der Waals surface area (Å²) >= 11 is 3.58. The van der Waals surface area contributed by atoms with Crippen LogP contribution >= 0.6 is 15.9 Å². The summed E-state index contributed by atoms with van der Waals surface area (Å²) in [5, 5.41) is 3.28. The first-order chi connectivity index (χ1) is 9.76. The van der Waals surface area contributed by atoms with Crippen molar-refractivity contribution in [3.8, 4) is 0 Å². The minimum Gasteiger partial charge on any atom is -0.369 e. The number of hydrogen-bond donors (Lipinski definition) is 1. The molecule has 1 aliphatic heterocycles. The Kier molecular flexibility index (Phi) is 4.64. The van der Waals surface area contributed by atoms with Gasteiger partial charge in [0, 0.05) is 49.4 Å². The first-order valence-corrected chi connectivity index (χ1v) is 8.46. The average Bonchev–Trinajstić information content (AvgIpc) is 3.25. The molecule has 2 aliphatic rings. The fourth-order valence-electron chi connectivity index (χ4n) is 3.03. The zero-order chi connectivity index (χ0) is 13.9.